The third-order valence-corrected chi connectivity index (χ3v) is 3.54. The van der Waals surface area contributed by atoms with Crippen LogP contribution in [0.4, 0.5) is 10.3 Å². The van der Waals surface area contributed by atoms with E-state index in [1.54, 1.807) is 29.9 Å². The molecule has 1 aromatic heterocycles. The molecule has 3 aromatic rings. The number of methoxy groups -OCH3 is 1. The summed E-state index contributed by atoms with van der Waals surface area (Å²) in [4.78, 5) is 4.26. The van der Waals surface area contributed by atoms with Gasteiger partial charge in [0.15, 0.2) is 0 Å². The SMILES string of the molecule is COc1cccc2c1nc(N)n2-c1ccc(Br)cc1F. The number of nitrogens with zero attached hydrogens (tertiary/aromatic N) is 2. The van der Waals surface area contributed by atoms with Crippen LogP contribution in [0.15, 0.2) is 40.9 Å². The molecule has 102 valence electrons. The van der Waals surface area contributed by atoms with Gasteiger partial charge in [0.1, 0.15) is 17.1 Å². The summed E-state index contributed by atoms with van der Waals surface area (Å²) in [6.45, 7) is 0. The highest BCUT2D eigenvalue weighted by Crippen LogP contribution is 2.30. The fourth-order valence-corrected chi connectivity index (χ4v) is 2.51. The zero-order valence-electron chi connectivity index (χ0n) is 10.6. The van der Waals surface area contributed by atoms with E-state index in [9.17, 15) is 4.39 Å². The molecule has 0 saturated heterocycles. The van der Waals surface area contributed by atoms with E-state index >= 15 is 0 Å². The molecule has 0 spiro atoms. The molecule has 0 amide bonds. The lowest BCUT2D eigenvalue weighted by Gasteiger charge is -2.08. The first kappa shape index (κ1) is 12.9. The Morgan fingerprint density at radius 3 is 2.80 bits per heavy atom. The molecule has 0 saturated carbocycles. The molecule has 0 atom stereocenters. The Kier molecular flexibility index (Phi) is 3.10. The van der Waals surface area contributed by atoms with Crippen LogP contribution in [0.2, 0.25) is 0 Å². The number of imidazole rings is 1. The molecule has 0 aliphatic carbocycles. The van der Waals surface area contributed by atoms with Gasteiger partial charge in [0.05, 0.1) is 18.3 Å². The fourth-order valence-electron chi connectivity index (χ4n) is 2.17. The Morgan fingerprint density at radius 2 is 2.10 bits per heavy atom. The maximum absolute atomic E-state index is 14.1. The van der Waals surface area contributed by atoms with Crippen LogP contribution in [0.25, 0.3) is 16.7 Å². The highest BCUT2D eigenvalue weighted by atomic mass is 79.9. The number of anilines is 1. The number of aromatic nitrogens is 2. The van der Waals surface area contributed by atoms with E-state index in [2.05, 4.69) is 20.9 Å². The minimum absolute atomic E-state index is 0.214. The Labute approximate surface area is 123 Å². The average molecular weight is 336 g/mol. The van der Waals surface area contributed by atoms with Crippen molar-refractivity contribution in [1.82, 2.24) is 9.55 Å². The number of benzene rings is 2. The molecule has 0 aliphatic heterocycles. The van der Waals surface area contributed by atoms with E-state index in [-0.39, 0.29) is 11.8 Å². The molecular weight excluding hydrogens is 325 g/mol. The second-order valence-corrected chi connectivity index (χ2v) is 5.14. The normalized spacial score (nSPS) is 10.9. The lowest BCUT2D eigenvalue weighted by Crippen LogP contribution is -2.02. The monoisotopic (exact) mass is 335 g/mol. The van der Waals surface area contributed by atoms with Gasteiger partial charge in [0.2, 0.25) is 5.95 Å². The van der Waals surface area contributed by atoms with Crippen LogP contribution in [-0.4, -0.2) is 16.7 Å². The maximum atomic E-state index is 14.1. The number of nitrogen functional groups attached to an aromatic ring is 1. The summed E-state index contributed by atoms with van der Waals surface area (Å²) in [6, 6.07) is 10.2. The highest BCUT2D eigenvalue weighted by Gasteiger charge is 2.16. The lowest BCUT2D eigenvalue weighted by molar-refractivity contribution is 0.419. The summed E-state index contributed by atoms with van der Waals surface area (Å²) in [5.74, 6) is 0.435. The predicted octanol–water partition coefficient (Wildman–Crippen LogP) is 3.52. The molecule has 0 aliphatic rings. The largest absolute Gasteiger partial charge is 0.494 e. The van der Waals surface area contributed by atoms with Crippen molar-refractivity contribution >= 4 is 32.9 Å². The summed E-state index contributed by atoms with van der Waals surface area (Å²) < 4.78 is 21.6. The minimum atomic E-state index is -0.381. The van der Waals surface area contributed by atoms with Gasteiger partial charge in [-0.15, -0.1) is 0 Å². The van der Waals surface area contributed by atoms with Gasteiger partial charge in [0, 0.05) is 4.47 Å². The van der Waals surface area contributed by atoms with Crippen LogP contribution in [0.1, 0.15) is 0 Å². The number of hydrogen-bond donors (Lipinski definition) is 1. The number of halogens is 2. The minimum Gasteiger partial charge on any atom is -0.494 e. The first-order chi connectivity index (χ1) is 9.61. The number of fused-ring (bicyclic) bond motifs is 1. The van der Waals surface area contributed by atoms with Gasteiger partial charge in [-0.25, -0.2) is 9.37 Å². The summed E-state index contributed by atoms with van der Waals surface area (Å²) in [7, 11) is 1.56. The quantitative estimate of drug-likeness (QED) is 0.779. The second kappa shape index (κ2) is 4.79. The fraction of sp³-hybridized carbons (Fsp3) is 0.0714. The van der Waals surface area contributed by atoms with Crippen LogP contribution in [0, 0.1) is 5.82 Å². The molecule has 0 unspecified atom stereocenters. The van der Waals surface area contributed by atoms with Gasteiger partial charge >= 0.3 is 0 Å². The maximum Gasteiger partial charge on any atom is 0.206 e. The molecule has 4 nitrogen and oxygen atoms in total. The predicted molar refractivity (Wildman–Crippen MR) is 79.7 cm³/mol. The van der Waals surface area contributed by atoms with Gasteiger partial charge < -0.3 is 10.5 Å². The van der Waals surface area contributed by atoms with Crippen molar-refractivity contribution in [2.45, 2.75) is 0 Å². The Balaban J connectivity index is 2.34. The third kappa shape index (κ3) is 1.92. The van der Waals surface area contributed by atoms with E-state index in [0.717, 1.165) is 0 Å². The van der Waals surface area contributed by atoms with E-state index in [1.807, 2.05) is 12.1 Å². The van der Waals surface area contributed by atoms with Gasteiger partial charge in [-0.1, -0.05) is 22.0 Å². The number of nitrogens with two attached hydrogens (primary N) is 1. The first-order valence-corrected chi connectivity index (χ1v) is 6.67. The first-order valence-electron chi connectivity index (χ1n) is 5.88. The summed E-state index contributed by atoms with van der Waals surface area (Å²) in [5, 5.41) is 0. The van der Waals surface area contributed by atoms with Gasteiger partial charge in [-0.2, -0.15) is 0 Å². The molecule has 2 aromatic carbocycles. The van der Waals surface area contributed by atoms with Crippen LogP contribution in [-0.2, 0) is 0 Å². The third-order valence-electron chi connectivity index (χ3n) is 3.04. The van der Waals surface area contributed by atoms with E-state index in [1.165, 1.54) is 6.07 Å². The van der Waals surface area contributed by atoms with E-state index in [0.29, 0.717) is 26.9 Å². The summed E-state index contributed by atoms with van der Waals surface area (Å²) in [6.07, 6.45) is 0. The van der Waals surface area contributed by atoms with Gasteiger partial charge in [-0.3, -0.25) is 4.57 Å². The van der Waals surface area contributed by atoms with Crippen molar-refractivity contribution in [1.29, 1.82) is 0 Å². The van der Waals surface area contributed by atoms with Crippen molar-refractivity contribution in [2.24, 2.45) is 0 Å². The summed E-state index contributed by atoms with van der Waals surface area (Å²) in [5.41, 5.74) is 7.59. The van der Waals surface area contributed by atoms with E-state index in [4.69, 9.17) is 10.5 Å². The Morgan fingerprint density at radius 1 is 1.30 bits per heavy atom. The van der Waals surface area contributed by atoms with Crippen molar-refractivity contribution in [3.05, 3.63) is 46.7 Å². The average Bonchev–Trinajstić information content (AvgIpc) is 2.75. The highest BCUT2D eigenvalue weighted by molar-refractivity contribution is 9.10. The second-order valence-electron chi connectivity index (χ2n) is 4.23. The van der Waals surface area contributed by atoms with Crippen LogP contribution < -0.4 is 10.5 Å². The van der Waals surface area contributed by atoms with Gasteiger partial charge in [0.25, 0.3) is 0 Å². The molecule has 20 heavy (non-hydrogen) atoms. The smallest absolute Gasteiger partial charge is 0.206 e. The molecule has 2 N–H and O–H groups in total. The molecular formula is C14H11BrFN3O. The summed E-state index contributed by atoms with van der Waals surface area (Å²) >= 11 is 3.23. The molecule has 0 radical (unpaired) electrons. The Bertz CT molecular complexity index is 800. The number of rotatable bonds is 2. The van der Waals surface area contributed by atoms with Crippen molar-refractivity contribution < 1.29 is 9.13 Å². The lowest BCUT2D eigenvalue weighted by atomic mass is 10.2. The number of ether oxygens (including phenoxy) is 1. The van der Waals surface area contributed by atoms with Crippen molar-refractivity contribution in [3.63, 3.8) is 0 Å². The molecule has 0 bridgehead atoms. The van der Waals surface area contributed by atoms with Crippen molar-refractivity contribution in [3.8, 4) is 11.4 Å². The zero-order chi connectivity index (χ0) is 14.3. The molecule has 0 fully saturated rings. The van der Waals surface area contributed by atoms with Crippen LogP contribution >= 0.6 is 15.9 Å². The number of hydrogen-bond acceptors (Lipinski definition) is 3. The van der Waals surface area contributed by atoms with E-state index < -0.39 is 0 Å². The zero-order valence-corrected chi connectivity index (χ0v) is 12.2. The molecule has 3 rings (SSSR count). The van der Waals surface area contributed by atoms with Crippen molar-refractivity contribution in [2.75, 3.05) is 12.8 Å². The molecule has 1 heterocycles. The standard InChI is InChI=1S/C14H11BrFN3O/c1-20-12-4-2-3-11-13(12)18-14(17)19(11)10-6-5-8(15)7-9(10)16/h2-7H,1H3,(H2,17,18). The topological polar surface area (TPSA) is 53.1 Å². The number of para-hydroxylation sites is 1. The Hall–Kier alpha value is -2.08. The molecule has 6 heteroatoms. The van der Waals surface area contributed by atoms with Gasteiger partial charge in [-0.05, 0) is 30.3 Å². The van der Waals surface area contributed by atoms with Crippen LogP contribution in [0.5, 0.6) is 5.75 Å². The van der Waals surface area contributed by atoms with Crippen LogP contribution in [0.3, 0.4) is 0 Å².